The molecule has 0 bridgehead atoms. The first-order chi connectivity index (χ1) is 9.54. The molecule has 2 rings (SSSR count). The summed E-state index contributed by atoms with van der Waals surface area (Å²) in [4.78, 5) is 13.6. The van der Waals surface area contributed by atoms with E-state index >= 15 is 0 Å². The monoisotopic (exact) mass is 275 g/mol. The Morgan fingerprint density at radius 2 is 1.80 bits per heavy atom. The molecule has 2 nitrogen and oxygen atoms in total. The van der Waals surface area contributed by atoms with Gasteiger partial charge in [-0.2, -0.15) is 0 Å². The van der Waals surface area contributed by atoms with Crippen LogP contribution in [0.25, 0.3) is 0 Å². The van der Waals surface area contributed by atoms with Gasteiger partial charge in [-0.25, -0.2) is 8.78 Å². The Morgan fingerprint density at radius 1 is 1.10 bits per heavy atom. The third kappa shape index (κ3) is 2.69. The number of hydrogen-bond acceptors (Lipinski definition) is 1. The molecular formula is C16H15F2NO. The number of carbonyl (C=O) groups is 1. The van der Waals surface area contributed by atoms with Crippen LogP contribution in [0.2, 0.25) is 0 Å². The Bertz CT molecular complexity index is 640. The van der Waals surface area contributed by atoms with Gasteiger partial charge < -0.3 is 4.90 Å². The summed E-state index contributed by atoms with van der Waals surface area (Å²) in [7, 11) is 0. The summed E-state index contributed by atoms with van der Waals surface area (Å²) >= 11 is 0. The lowest BCUT2D eigenvalue weighted by Gasteiger charge is -2.22. The maximum absolute atomic E-state index is 13.9. The standard InChI is InChI=1S/C16H15F2NO/c1-3-19(15-7-5-4-6-13(15)17)16(20)12-9-8-11(2)10-14(12)18/h4-10H,3H2,1-2H3. The number of benzene rings is 2. The van der Waals surface area contributed by atoms with E-state index in [0.717, 1.165) is 5.56 Å². The largest absolute Gasteiger partial charge is 0.306 e. The number of anilines is 1. The zero-order valence-corrected chi connectivity index (χ0v) is 11.4. The summed E-state index contributed by atoms with van der Waals surface area (Å²) in [5.74, 6) is -1.64. The van der Waals surface area contributed by atoms with E-state index in [1.54, 1.807) is 32.0 Å². The first-order valence-electron chi connectivity index (χ1n) is 6.37. The number of nitrogens with zero attached hydrogens (tertiary/aromatic N) is 1. The summed E-state index contributed by atoms with van der Waals surface area (Å²) in [5.41, 5.74) is 0.827. The second kappa shape index (κ2) is 5.82. The third-order valence-corrected chi connectivity index (χ3v) is 3.06. The third-order valence-electron chi connectivity index (χ3n) is 3.06. The van der Waals surface area contributed by atoms with Gasteiger partial charge in [0.1, 0.15) is 11.6 Å². The Labute approximate surface area is 116 Å². The fraction of sp³-hybridized carbons (Fsp3) is 0.188. The summed E-state index contributed by atoms with van der Waals surface area (Å²) in [6, 6.07) is 10.3. The van der Waals surface area contributed by atoms with Crippen LogP contribution in [-0.4, -0.2) is 12.5 Å². The zero-order chi connectivity index (χ0) is 14.7. The Morgan fingerprint density at radius 3 is 2.40 bits per heavy atom. The molecule has 0 saturated heterocycles. The van der Waals surface area contributed by atoms with Crippen LogP contribution in [0.5, 0.6) is 0 Å². The van der Waals surface area contributed by atoms with Gasteiger partial charge in [-0.1, -0.05) is 18.2 Å². The molecule has 2 aromatic rings. The molecular weight excluding hydrogens is 260 g/mol. The lowest BCUT2D eigenvalue weighted by molar-refractivity contribution is 0.0983. The fourth-order valence-corrected chi connectivity index (χ4v) is 2.03. The molecule has 0 aliphatic rings. The van der Waals surface area contributed by atoms with Crippen molar-refractivity contribution < 1.29 is 13.6 Å². The smallest absolute Gasteiger partial charge is 0.261 e. The number of aryl methyl sites for hydroxylation is 1. The van der Waals surface area contributed by atoms with E-state index in [1.807, 2.05) is 0 Å². The molecule has 0 unspecified atom stereocenters. The van der Waals surface area contributed by atoms with E-state index in [1.165, 1.54) is 29.2 Å². The highest BCUT2D eigenvalue weighted by molar-refractivity contribution is 6.06. The number of amides is 1. The number of rotatable bonds is 3. The Kier molecular flexibility index (Phi) is 4.13. The van der Waals surface area contributed by atoms with Gasteiger partial charge in [0.25, 0.3) is 5.91 Å². The van der Waals surface area contributed by atoms with E-state index in [2.05, 4.69) is 0 Å². The highest BCUT2D eigenvalue weighted by Crippen LogP contribution is 2.22. The second-order valence-corrected chi connectivity index (χ2v) is 4.48. The molecule has 0 heterocycles. The zero-order valence-electron chi connectivity index (χ0n) is 11.4. The van der Waals surface area contributed by atoms with E-state index < -0.39 is 17.5 Å². The molecule has 0 aliphatic heterocycles. The van der Waals surface area contributed by atoms with Crippen molar-refractivity contribution in [3.05, 3.63) is 65.2 Å². The van der Waals surface area contributed by atoms with Crippen molar-refractivity contribution in [3.8, 4) is 0 Å². The van der Waals surface area contributed by atoms with Crippen molar-refractivity contribution >= 4 is 11.6 Å². The van der Waals surface area contributed by atoms with Crippen LogP contribution in [0.1, 0.15) is 22.8 Å². The highest BCUT2D eigenvalue weighted by Gasteiger charge is 2.21. The summed E-state index contributed by atoms with van der Waals surface area (Å²) in [5, 5.41) is 0. The Balaban J connectivity index is 2.42. The first-order valence-corrected chi connectivity index (χ1v) is 6.37. The second-order valence-electron chi connectivity index (χ2n) is 4.48. The molecule has 104 valence electrons. The number of carbonyl (C=O) groups excluding carboxylic acids is 1. The van der Waals surface area contributed by atoms with Crippen LogP contribution in [-0.2, 0) is 0 Å². The van der Waals surface area contributed by atoms with Crippen LogP contribution >= 0.6 is 0 Å². The van der Waals surface area contributed by atoms with Crippen molar-refractivity contribution in [2.45, 2.75) is 13.8 Å². The summed E-state index contributed by atoms with van der Waals surface area (Å²) in [6.45, 7) is 3.72. The van der Waals surface area contributed by atoms with Crippen LogP contribution in [0.15, 0.2) is 42.5 Å². The average molecular weight is 275 g/mol. The van der Waals surface area contributed by atoms with Gasteiger partial charge in [-0.15, -0.1) is 0 Å². The maximum atomic E-state index is 13.9. The van der Waals surface area contributed by atoms with Crippen LogP contribution in [0.4, 0.5) is 14.5 Å². The predicted molar refractivity (Wildman–Crippen MR) is 74.9 cm³/mol. The summed E-state index contributed by atoms with van der Waals surface area (Å²) < 4.78 is 27.7. The quantitative estimate of drug-likeness (QED) is 0.830. The molecule has 0 spiro atoms. The minimum Gasteiger partial charge on any atom is -0.306 e. The van der Waals surface area contributed by atoms with Gasteiger partial charge in [-0.3, -0.25) is 4.79 Å². The van der Waals surface area contributed by atoms with E-state index in [0.29, 0.717) is 0 Å². The molecule has 0 radical (unpaired) electrons. The van der Waals surface area contributed by atoms with Crippen molar-refractivity contribution in [3.63, 3.8) is 0 Å². The van der Waals surface area contributed by atoms with E-state index in [9.17, 15) is 13.6 Å². The van der Waals surface area contributed by atoms with Gasteiger partial charge in [0.2, 0.25) is 0 Å². The van der Waals surface area contributed by atoms with Crippen LogP contribution in [0.3, 0.4) is 0 Å². The molecule has 4 heteroatoms. The SMILES string of the molecule is CCN(C(=O)c1ccc(C)cc1F)c1ccccc1F. The molecule has 0 fully saturated rings. The topological polar surface area (TPSA) is 20.3 Å². The number of halogens is 2. The highest BCUT2D eigenvalue weighted by atomic mass is 19.1. The first kappa shape index (κ1) is 14.2. The summed E-state index contributed by atoms with van der Waals surface area (Å²) in [6.07, 6.45) is 0. The fourth-order valence-electron chi connectivity index (χ4n) is 2.03. The van der Waals surface area contributed by atoms with Crippen molar-refractivity contribution in [1.82, 2.24) is 0 Å². The van der Waals surface area contributed by atoms with Gasteiger partial charge in [0.05, 0.1) is 11.3 Å². The van der Waals surface area contributed by atoms with Crippen LogP contribution < -0.4 is 4.90 Å². The number of para-hydroxylation sites is 1. The van der Waals surface area contributed by atoms with Gasteiger partial charge >= 0.3 is 0 Å². The molecule has 2 aromatic carbocycles. The maximum Gasteiger partial charge on any atom is 0.261 e. The molecule has 0 aliphatic carbocycles. The molecule has 1 amide bonds. The van der Waals surface area contributed by atoms with Crippen molar-refractivity contribution in [2.75, 3.05) is 11.4 Å². The molecule has 0 aromatic heterocycles. The predicted octanol–water partition coefficient (Wildman–Crippen LogP) is 3.94. The minimum atomic E-state index is -0.593. The Hall–Kier alpha value is -2.23. The van der Waals surface area contributed by atoms with Crippen molar-refractivity contribution in [2.24, 2.45) is 0 Å². The van der Waals surface area contributed by atoms with Gasteiger partial charge in [-0.05, 0) is 43.7 Å². The van der Waals surface area contributed by atoms with Gasteiger partial charge in [0, 0.05) is 6.54 Å². The average Bonchev–Trinajstić information content (AvgIpc) is 2.41. The van der Waals surface area contributed by atoms with E-state index in [4.69, 9.17) is 0 Å². The molecule has 20 heavy (non-hydrogen) atoms. The molecule has 0 atom stereocenters. The van der Waals surface area contributed by atoms with Gasteiger partial charge in [0.15, 0.2) is 0 Å². The number of hydrogen-bond donors (Lipinski definition) is 0. The van der Waals surface area contributed by atoms with Crippen LogP contribution in [0, 0.1) is 18.6 Å². The minimum absolute atomic E-state index is 0.0549. The van der Waals surface area contributed by atoms with Crippen molar-refractivity contribution in [1.29, 1.82) is 0 Å². The van der Waals surface area contributed by atoms with E-state index in [-0.39, 0.29) is 17.8 Å². The lowest BCUT2D eigenvalue weighted by Crippen LogP contribution is -2.32. The lowest BCUT2D eigenvalue weighted by atomic mass is 10.1. The molecule has 0 saturated carbocycles. The molecule has 0 N–H and O–H groups in total. The normalized spacial score (nSPS) is 10.4.